The third-order valence-electron chi connectivity index (χ3n) is 1.25. The standard InChI is InChI=1S/C9H17BNO/c1-8(2)10-9(12)6-5-7-11(3)4/h5-6,8H,7H2,1-4H3/b6-5+. The number of allylic oxidation sites excluding steroid dienone is 1. The molecule has 1 radical (unpaired) electrons. The molecule has 0 aromatic heterocycles. The topological polar surface area (TPSA) is 20.3 Å². The van der Waals surface area contributed by atoms with Gasteiger partial charge in [-0.3, -0.25) is 0 Å². The highest BCUT2D eigenvalue weighted by atomic mass is 16.1. The van der Waals surface area contributed by atoms with Crippen molar-refractivity contribution in [3.05, 3.63) is 12.2 Å². The summed E-state index contributed by atoms with van der Waals surface area (Å²) in [7, 11) is 5.66. The Balaban J connectivity index is 3.61. The molecule has 0 heterocycles. The molecule has 0 fully saturated rings. The number of hydrogen-bond acceptors (Lipinski definition) is 2. The molecule has 0 N–H and O–H groups in total. The van der Waals surface area contributed by atoms with E-state index >= 15 is 0 Å². The van der Waals surface area contributed by atoms with Gasteiger partial charge in [-0.2, -0.15) is 0 Å². The summed E-state index contributed by atoms with van der Waals surface area (Å²) in [4.78, 5) is 13.1. The number of carbonyl (C=O) groups is 1. The second-order valence-electron chi connectivity index (χ2n) is 3.48. The van der Waals surface area contributed by atoms with E-state index in [0.717, 1.165) is 6.54 Å². The van der Waals surface area contributed by atoms with Crippen molar-refractivity contribution in [3.63, 3.8) is 0 Å². The van der Waals surface area contributed by atoms with Crippen LogP contribution in [-0.2, 0) is 4.79 Å². The average Bonchev–Trinajstić information content (AvgIpc) is 1.84. The molecule has 0 aliphatic heterocycles. The smallest absolute Gasteiger partial charge is 0.211 e. The summed E-state index contributed by atoms with van der Waals surface area (Å²) in [5, 5.41) is 0. The van der Waals surface area contributed by atoms with E-state index in [1.165, 1.54) is 0 Å². The Morgan fingerprint density at radius 1 is 1.50 bits per heavy atom. The summed E-state index contributed by atoms with van der Waals surface area (Å²) in [6.45, 7) is 4.81. The highest BCUT2D eigenvalue weighted by molar-refractivity contribution is 6.77. The Morgan fingerprint density at radius 3 is 2.50 bits per heavy atom. The van der Waals surface area contributed by atoms with E-state index in [9.17, 15) is 4.79 Å². The van der Waals surface area contributed by atoms with Gasteiger partial charge in [-0.25, -0.2) is 0 Å². The third-order valence-corrected chi connectivity index (χ3v) is 1.25. The molecule has 0 saturated heterocycles. The normalized spacial score (nSPS) is 11.5. The second-order valence-corrected chi connectivity index (χ2v) is 3.48. The molecule has 67 valence electrons. The van der Waals surface area contributed by atoms with Crippen LogP contribution >= 0.6 is 0 Å². The zero-order valence-corrected chi connectivity index (χ0v) is 8.37. The highest BCUT2D eigenvalue weighted by Crippen LogP contribution is 1.97. The number of nitrogens with zero attached hydrogens (tertiary/aromatic N) is 1. The summed E-state index contributed by atoms with van der Waals surface area (Å²) in [5.74, 6) is 0.335. The van der Waals surface area contributed by atoms with Crippen LogP contribution in [0.4, 0.5) is 0 Å². The van der Waals surface area contributed by atoms with E-state index in [-0.39, 0.29) is 5.68 Å². The molecule has 0 unspecified atom stereocenters. The molecular formula is C9H17BNO. The van der Waals surface area contributed by atoms with Gasteiger partial charge in [0.05, 0.1) is 0 Å². The van der Waals surface area contributed by atoms with Crippen molar-refractivity contribution in [2.24, 2.45) is 0 Å². The summed E-state index contributed by atoms with van der Waals surface area (Å²) in [6, 6.07) is 0. The SMILES string of the molecule is CC(C)[B]C(=O)/C=C/CN(C)C. The van der Waals surface area contributed by atoms with Crippen molar-refractivity contribution in [1.29, 1.82) is 0 Å². The van der Waals surface area contributed by atoms with Gasteiger partial charge in [0.15, 0.2) is 0 Å². The van der Waals surface area contributed by atoms with Gasteiger partial charge in [0.1, 0.15) is 5.68 Å². The van der Waals surface area contributed by atoms with Gasteiger partial charge in [-0.1, -0.05) is 25.7 Å². The minimum atomic E-state index is 0.104. The van der Waals surface area contributed by atoms with Crippen molar-refractivity contribution in [2.75, 3.05) is 20.6 Å². The van der Waals surface area contributed by atoms with E-state index in [2.05, 4.69) is 0 Å². The Bertz CT molecular complexity index is 164. The first-order chi connectivity index (χ1) is 5.52. The highest BCUT2D eigenvalue weighted by Gasteiger charge is 2.02. The maximum absolute atomic E-state index is 11.1. The fourth-order valence-corrected chi connectivity index (χ4v) is 0.764. The van der Waals surface area contributed by atoms with Crippen molar-refractivity contribution in [2.45, 2.75) is 19.7 Å². The first-order valence-electron chi connectivity index (χ1n) is 4.22. The Hall–Kier alpha value is -0.565. The number of hydrogen-bond donors (Lipinski definition) is 0. The van der Waals surface area contributed by atoms with Crippen molar-refractivity contribution >= 4 is 13.0 Å². The van der Waals surface area contributed by atoms with Crippen LogP contribution in [-0.4, -0.2) is 38.5 Å². The molecule has 0 atom stereocenters. The van der Waals surface area contributed by atoms with Gasteiger partial charge in [0.25, 0.3) is 0 Å². The number of carbonyl (C=O) groups excluding carboxylic acids is 1. The molecule has 3 heteroatoms. The van der Waals surface area contributed by atoms with Gasteiger partial charge in [-0.15, -0.1) is 0 Å². The fraction of sp³-hybridized carbons (Fsp3) is 0.667. The van der Waals surface area contributed by atoms with E-state index < -0.39 is 0 Å². The maximum atomic E-state index is 11.1. The predicted molar refractivity (Wildman–Crippen MR) is 53.6 cm³/mol. The molecule has 0 aliphatic carbocycles. The van der Waals surface area contributed by atoms with E-state index in [0.29, 0.717) is 5.82 Å². The van der Waals surface area contributed by atoms with Crippen LogP contribution in [0.5, 0.6) is 0 Å². The lowest BCUT2D eigenvalue weighted by Crippen LogP contribution is -2.13. The average molecular weight is 166 g/mol. The van der Waals surface area contributed by atoms with Crippen molar-refractivity contribution in [3.8, 4) is 0 Å². The Morgan fingerprint density at radius 2 is 2.08 bits per heavy atom. The number of rotatable bonds is 5. The minimum absolute atomic E-state index is 0.104. The molecule has 0 bridgehead atoms. The van der Waals surface area contributed by atoms with Gasteiger partial charge >= 0.3 is 0 Å². The van der Waals surface area contributed by atoms with Crippen LogP contribution in [0.2, 0.25) is 5.82 Å². The van der Waals surface area contributed by atoms with Crippen LogP contribution in [0.3, 0.4) is 0 Å². The van der Waals surface area contributed by atoms with Crippen LogP contribution in [0.1, 0.15) is 13.8 Å². The van der Waals surface area contributed by atoms with Gasteiger partial charge in [0, 0.05) is 6.54 Å². The zero-order chi connectivity index (χ0) is 9.56. The number of likely N-dealkylation sites (N-methyl/N-ethyl adjacent to an activating group) is 1. The molecule has 0 aromatic carbocycles. The zero-order valence-electron chi connectivity index (χ0n) is 8.37. The van der Waals surface area contributed by atoms with Crippen molar-refractivity contribution < 1.29 is 4.79 Å². The lowest BCUT2D eigenvalue weighted by molar-refractivity contribution is -0.108. The van der Waals surface area contributed by atoms with E-state index in [4.69, 9.17) is 0 Å². The van der Waals surface area contributed by atoms with Crippen LogP contribution < -0.4 is 0 Å². The van der Waals surface area contributed by atoms with Gasteiger partial charge in [0.2, 0.25) is 7.28 Å². The maximum Gasteiger partial charge on any atom is 0.211 e. The quantitative estimate of drug-likeness (QED) is 0.451. The van der Waals surface area contributed by atoms with Gasteiger partial charge < -0.3 is 9.69 Å². The monoisotopic (exact) mass is 166 g/mol. The molecular weight excluding hydrogens is 149 g/mol. The molecule has 2 nitrogen and oxygen atoms in total. The summed E-state index contributed by atoms with van der Waals surface area (Å²) >= 11 is 0. The summed E-state index contributed by atoms with van der Waals surface area (Å²) in [6.07, 6.45) is 3.50. The first kappa shape index (κ1) is 11.4. The van der Waals surface area contributed by atoms with Gasteiger partial charge in [-0.05, 0) is 20.2 Å². The molecule has 0 rings (SSSR count). The predicted octanol–water partition coefficient (Wildman–Crippen LogP) is 1.16. The largest absolute Gasteiger partial charge is 0.307 e. The summed E-state index contributed by atoms with van der Waals surface area (Å²) in [5.41, 5.74) is 0.104. The molecule has 12 heavy (non-hydrogen) atoms. The second kappa shape index (κ2) is 6.01. The van der Waals surface area contributed by atoms with E-state index in [1.54, 1.807) is 13.4 Å². The van der Waals surface area contributed by atoms with Crippen LogP contribution in [0.15, 0.2) is 12.2 Å². The Kier molecular flexibility index (Phi) is 5.72. The van der Waals surface area contributed by atoms with Crippen LogP contribution in [0.25, 0.3) is 0 Å². The third kappa shape index (κ3) is 7.54. The van der Waals surface area contributed by atoms with E-state index in [1.807, 2.05) is 38.9 Å². The molecule has 0 spiro atoms. The molecule has 0 saturated carbocycles. The molecule has 0 aromatic rings. The molecule has 0 aliphatic rings. The minimum Gasteiger partial charge on any atom is -0.307 e. The fourth-order valence-electron chi connectivity index (χ4n) is 0.764. The molecule has 0 amide bonds. The lowest BCUT2D eigenvalue weighted by atomic mass is 9.62. The first-order valence-corrected chi connectivity index (χ1v) is 4.22. The van der Waals surface area contributed by atoms with Crippen LogP contribution in [0, 0.1) is 0 Å². The Labute approximate surface area is 75.9 Å². The van der Waals surface area contributed by atoms with Crippen molar-refractivity contribution in [1.82, 2.24) is 4.90 Å². The lowest BCUT2D eigenvalue weighted by Gasteiger charge is -2.03. The summed E-state index contributed by atoms with van der Waals surface area (Å²) < 4.78 is 0.